The highest BCUT2D eigenvalue weighted by molar-refractivity contribution is 6.21. The molecule has 0 radical (unpaired) electrons. The van der Waals surface area contributed by atoms with Crippen LogP contribution in [0.1, 0.15) is 39.4 Å². The van der Waals surface area contributed by atoms with Gasteiger partial charge in [0.25, 0.3) is 11.8 Å². The van der Waals surface area contributed by atoms with Gasteiger partial charge in [-0.1, -0.05) is 12.1 Å². The first-order valence-corrected chi connectivity index (χ1v) is 8.65. The van der Waals surface area contributed by atoms with Crippen molar-refractivity contribution in [2.24, 2.45) is 0 Å². The molecule has 0 spiro atoms. The predicted octanol–water partition coefficient (Wildman–Crippen LogP) is 3.15. The van der Waals surface area contributed by atoms with E-state index in [1.807, 2.05) is 0 Å². The largest absolute Gasteiger partial charge is 0.441 e. The second-order valence-corrected chi connectivity index (χ2v) is 6.37. The van der Waals surface area contributed by atoms with Crippen molar-refractivity contribution < 1.29 is 18.8 Å². The normalized spacial score (nSPS) is 13.3. The number of anilines is 1. The number of carbonyl (C=O) groups is 3. The highest BCUT2D eigenvalue weighted by Crippen LogP contribution is 2.23. The minimum absolute atomic E-state index is 0.189. The number of oxazole rings is 1. The summed E-state index contributed by atoms with van der Waals surface area (Å²) >= 11 is 0. The van der Waals surface area contributed by atoms with Crippen molar-refractivity contribution >= 4 is 34.5 Å². The smallest absolute Gasteiger partial charge is 0.261 e. The van der Waals surface area contributed by atoms with Crippen molar-refractivity contribution in [2.45, 2.75) is 19.8 Å². The fourth-order valence-corrected chi connectivity index (χ4v) is 3.18. The average Bonchev–Trinajstić information content (AvgIpc) is 3.13. The summed E-state index contributed by atoms with van der Waals surface area (Å²) in [5, 5.41) is 2.80. The third kappa shape index (κ3) is 3.19. The Morgan fingerprint density at radius 1 is 1.11 bits per heavy atom. The van der Waals surface area contributed by atoms with Gasteiger partial charge in [0.05, 0.1) is 11.1 Å². The number of amides is 3. The Labute approximate surface area is 155 Å². The Morgan fingerprint density at radius 3 is 2.52 bits per heavy atom. The maximum absolute atomic E-state index is 12.3. The SMILES string of the molecule is Cc1nc2cc(NC(=O)CCCN3C(=O)c4ccccc4C3=O)ccc2o1. The van der Waals surface area contributed by atoms with Gasteiger partial charge in [0, 0.05) is 25.6 Å². The van der Waals surface area contributed by atoms with Crippen LogP contribution in [0.3, 0.4) is 0 Å². The maximum Gasteiger partial charge on any atom is 0.261 e. The molecule has 0 aliphatic carbocycles. The lowest BCUT2D eigenvalue weighted by molar-refractivity contribution is -0.116. The highest BCUT2D eigenvalue weighted by Gasteiger charge is 2.34. The highest BCUT2D eigenvalue weighted by atomic mass is 16.3. The number of hydrogen-bond donors (Lipinski definition) is 1. The molecule has 1 N–H and O–H groups in total. The zero-order chi connectivity index (χ0) is 19.0. The van der Waals surface area contributed by atoms with Crippen molar-refractivity contribution in [1.82, 2.24) is 9.88 Å². The van der Waals surface area contributed by atoms with E-state index in [2.05, 4.69) is 10.3 Å². The Balaban J connectivity index is 1.33. The molecule has 136 valence electrons. The molecule has 1 aromatic heterocycles. The van der Waals surface area contributed by atoms with Crippen molar-refractivity contribution in [3.8, 4) is 0 Å². The molecule has 3 amide bonds. The summed E-state index contributed by atoms with van der Waals surface area (Å²) < 4.78 is 5.40. The van der Waals surface area contributed by atoms with Gasteiger partial charge in [0.15, 0.2) is 11.5 Å². The summed E-state index contributed by atoms with van der Waals surface area (Å²) in [6, 6.07) is 12.0. The molecule has 4 rings (SSSR count). The third-order valence-corrected chi connectivity index (χ3v) is 4.44. The third-order valence-electron chi connectivity index (χ3n) is 4.44. The number of benzene rings is 2. The van der Waals surface area contributed by atoms with E-state index in [4.69, 9.17) is 4.42 Å². The van der Waals surface area contributed by atoms with Crippen LogP contribution in [0, 0.1) is 6.92 Å². The first-order chi connectivity index (χ1) is 13.0. The number of carbonyl (C=O) groups excluding carboxylic acids is 3. The van der Waals surface area contributed by atoms with E-state index in [1.165, 1.54) is 4.90 Å². The van der Waals surface area contributed by atoms with E-state index in [-0.39, 0.29) is 30.7 Å². The van der Waals surface area contributed by atoms with Crippen LogP contribution >= 0.6 is 0 Å². The van der Waals surface area contributed by atoms with Crippen LogP contribution in [0.15, 0.2) is 46.9 Å². The number of aromatic nitrogens is 1. The fraction of sp³-hybridized carbons (Fsp3) is 0.200. The lowest BCUT2D eigenvalue weighted by atomic mass is 10.1. The first kappa shape index (κ1) is 17.0. The van der Waals surface area contributed by atoms with Gasteiger partial charge < -0.3 is 9.73 Å². The van der Waals surface area contributed by atoms with Crippen molar-refractivity contribution in [2.75, 3.05) is 11.9 Å². The molecule has 0 fully saturated rings. The van der Waals surface area contributed by atoms with Crippen LogP contribution < -0.4 is 5.32 Å². The van der Waals surface area contributed by atoms with Crippen LogP contribution in [-0.4, -0.2) is 34.2 Å². The minimum Gasteiger partial charge on any atom is -0.441 e. The Kier molecular flexibility index (Phi) is 4.19. The zero-order valence-corrected chi connectivity index (χ0v) is 14.7. The molecule has 0 unspecified atom stereocenters. The summed E-state index contributed by atoms with van der Waals surface area (Å²) in [5.74, 6) is -0.230. The number of nitrogens with one attached hydrogen (secondary N) is 1. The van der Waals surface area contributed by atoms with E-state index in [1.54, 1.807) is 49.4 Å². The van der Waals surface area contributed by atoms with Crippen molar-refractivity contribution in [3.63, 3.8) is 0 Å². The molecule has 7 nitrogen and oxygen atoms in total. The Bertz CT molecular complexity index is 1040. The molecule has 1 aliphatic rings. The van der Waals surface area contributed by atoms with Crippen LogP contribution in [-0.2, 0) is 4.79 Å². The van der Waals surface area contributed by atoms with Gasteiger partial charge in [-0.05, 0) is 36.8 Å². The molecular weight excluding hydrogens is 346 g/mol. The summed E-state index contributed by atoms with van der Waals surface area (Å²) in [6.45, 7) is 1.97. The van der Waals surface area contributed by atoms with Crippen LogP contribution in [0.25, 0.3) is 11.1 Å². The van der Waals surface area contributed by atoms with Gasteiger partial charge in [0.1, 0.15) is 5.52 Å². The molecule has 0 atom stereocenters. The fourth-order valence-electron chi connectivity index (χ4n) is 3.18. The molecule has 0 saturated heterocycles. The van der Waals surface area contributed by atoms with Crippen LogP contribution in [0.5, 0.6) is 0 Å². The minimum atomic E-state index is -0.303. The van der Waals surface area contributed by atoms with Gasteiger partial charge in [-0.3, -0.25) is 19.3 Å². The average molecular weight is 363 g/mol. The number of hydrogen-bond acceptors (Lipinski definition) is 5. The number of nitrogens with zero attached hydrogens (tertiary/aromatic N) is 2. The summed E-state index contributed by atoms with van der Waals surface area (Å²) in [7, 11) is 0. The second-order valence-electron chi connectivity index (χ2n) is 6.37. The molecule has 27 heavy (non-hydrogen) atoms. The number of imide groups is 1. The van der Waals surface area contributed by atoms with E-state index in [0.717, 1.165) is 0 Å². The van der Waals surface area contributed by atoms with Crippen LogP contribution in [0.4, 0.5) is 5.69 Å². The molecule has 2 aromatic carbocycles. The van der Waals surface area contributed by atoms with Gasteiger partial charge >= 0.3 is 0 Å². The second kappa shape index (κ2) is 6.68. The van der Waals surface area contributed by atoms with Crippen molar-refractivity contribution in [1.29, 1.82) is 0 Å². The molecule has 0 saturated carbocycles. The number of aryl methyl sites for hydroxylation is 1. The number of fused-ring (bicyclic) bond motifs is 2. The number of rotatable bonds is 5. The van der Waals surface area contributed by atoms with Gasteiger partial charge in [0.2, 0.25) is 5.91 Å². The lowest BCUT2D eigenvalue weighted by Crippen LogP contribution is -2.31. The quantitative estimate of drug-likeness (QED) is 0.703. The van der Waals surface area contributed by atoms with E-state index in [0.29, 0.717) is 40.2 Å². The van der Waals surface area contributed by atoms with Gasteiger partial charge in [-0.25, -0.2) is 4.98 Å². The maximum atomic E-state index is 12.3. The summed E-state index contributed by atoms with van der Waals surface area (Å²) in [5.41, 5.74) is 2.81. The standard InChI is InChI=1S/C20H17N3O4/c1-12-21-16-11-13(8-9-17(16)27-12)22-18(24)7-4-10-23-19(25)14-5-2-3-6-15(14)20(23)26/h2-3,5-6,8-9,11H,4,7,10H2,1H3,(H,22,24). The Morgan fingerprint density at radius 2 is 1.81 bits per heavy atom. The van der Waals surface area contributed by atoms with Crippen LogP contribution in [0.2, 0.25) is 0 Å². The molecule has 2 heterocycles. The predicted molar refractivity (Wildman–Crippen MR) is 98.4 cm³/mol. The lowest BCUT2D eigenvalue weighted by Gasteiger charge is -2.13. The van der Waals surface area contributed by atoms with Gasteiger partial charge in [-0.15, -0.1) is 0 Å². The monoisotopic (exact) mass is 363 g/mol. The topological polar surface area (TPSA) is 92.5 Å². The van der Waals surface area contributed by atoms with E-state index in [9.17, 15) is 14.4 Å². The Hall–Kier alpha value is -3.48. The molecule has 7 heteroatoms. The van der Waals surface area contributed by atoms with E-state index >= 15 is 0 Å². The van der Waals surface area contributed by atoms with E-state index < -0.39 is 0 Å². The zero-order valence-electron chi connectivity index (χ0n) is 14.7. The summed E-state index contributed by atoms with van der Waals surface area (Å²) in [4.78, 5) is 42.2. The molecular formula is C20H17N3O4. The molecule has 3 aromatic rings. The first-order valence-electron chi connectivity index (χ1n) is 8.65. The van der Waals surface area contributed by atoms with Gasteiger partial charge in [-0.2, -0.15) is 0 Å². The molecule has 0 bridgehead atoms. The van der Waals surface area contributed by atoms with Crippen molar-refractivity contribution in [3.05, 3.63) is 59.5 Å². The summed E-state index contributed by atoms with van der Waals surface area (Å²) in [6.07, 6.45) is 0.589. The molecule has 1 aliphatic heterocycles.